The fourth-order valence-corrected chi connectivity index (χ4v) is 4.05. The van der Waals surface area contributed by atoms with Gasteiger partial charge in [-0.25, -0.2) is 4.98 Å². The quantitative estimate of drug-likeness (QED) is 0.562. The lowest BCUT2D eigenvalue weighted by Crippen LogP contribution is -2.34. The Morgan fingerprint density at radius 1 is 1.03 bits per heavy atom. The minimum atomic E-state index is -0.155. The van der Waals surface area contributed by atoms with Crippen molar-refractivity contribution in [2.24, 2.45) is 5.92 Å². The van der Waals surface area contributed by atoms with Crippen LogP contribution in [0.5, 0.6) is 0 Å². The number of aromatic nitrogens is 2. The molecular weight excluding hydrogens is 384 g/mol. The van der Waals surface area contributed by atoms with Crippen molar-refractivity contribution < 1.29 is 4.79 Å². The highest BCUT2D eigenvalue weighted by Crippen LogP contribution is 2.25. The second-order valence-electron chi connectivity index (χ2n) is 8.42. The van der Waals surface area contributed by atoms with Crippen molar-refractivity contribution in [3.8, 4) is 0 Å². The van der Waals surface area contributed by atoms with Crippen molar-refractivity contribution in [2.45, 2.75) is 39.3 Å². The van der Waals surface area contributed by atoms with Crippen LogP contribution in [0.4, 0.5) is 5.82 Å². The van der Waals surface area contributed by atoms with Crippen LogP contribution in [0.15, 0.2) is 73.1 Å². The average Bonchev–Trinajstić information content (AvgIpc) is 2.83. The van der Waals surface area contributed by atoms with Crippen molar-refractivity contribution in [3.63, 3.8) is 0 Å². The molecule has 1 amide bonds. The number of rotatable bonds is 6. The first-order valence-electron chi connectivity index (χ1n) is 11.1. The molecule has 0 N–H and O–H groups in total. The van der Waals surface area contributed by atoms with E-state index in [0.717, 1.165) is 36.1 Å². The molecule has 0 saturated carbocycles. The smallest absolute Gasteiger partial charge is 0.256 e. The minimum Gasteiger partial charge on any atom is -0.357 e. The molecule has 0 radical (unpaired) electrons. The summed E-state index contributed by atoms with van der Waals surface area (Å²) in [7, 11) is 0. The summed E-state index contributed by atoms with van der Waals surface area (Å²) in [4.78, 5) is 26.8. The molecule has 1 unspecified atom stereocenters. The Morgan fingerprint density at radius 3 is 2.42 bits per heavy atom. The van der Waals surface area contributed by atoms with E-state index in [-0.39, 0.29) is 11.9 Å². The maximum Gasteiger partial charge on any atom is 0.256 e. The summed E-state index contributed by atoms with van der Waals surface area (Å²) in [5.41, 5.74) is 2.57. The second kappa shape index (κ2) is 9.73. The van der Waals surface area contributed by atoms with E-state index >= 15 is 0 Å². The average molecular weight is 415 g/mol. The van der Waals surface area contributed by atoms with Gasteiger partial charge in [-0.05, 0) is 55.5 Å². The molecule has 3 aromatic rings. The first kappa shape index (κ1) is 21.0. The van der Waals surface area contributed by atoms with Crippen LogP contribution in [-0.2, 0) is 6.54 Å². The summed E-state index contributed by atoms with van der Waals surface area (Å²) >= 11 is 0. The van der Waals surface area contributed by atoms with E-state index in [1.54, 1.807) is 12.4 Å². The zero-order valence-electron chi connectivity index (χ0n) is 18.3. The monoisotopic (exact) mass is 414 g/mol. The lowest BCUT2D eigenvalue weighted by molar-refractivity contribution is 0.0670. The standard InChI is InChI=1S/C26H30N4O/c1-20-13-16-29(17-14-20)25-12-11-23(18-28-25)26(31)30(19-22-8-4-3-5-9-22)21(2)24-10-6-7-15-27-24/h3-12,15,18,20-21H,13-14,16-17,19H2,1-2H3. The Hall–Kier alpha value is -3.21. The zero-order valence-corrected chi connectivity index (χ0v) is 18.3. The van der Waals surface area contributed by atoms with Gasteiger partial charge < -0.3 is 9.80 Å². The van der Waals surface area contributed by atoms with Crippen LogP contribution in [0.3, 0.4) is 0 Å². The maximum atomic E-state index is 13.5. The summed E-state index contributed by atoms with van der Waals surface area (Å²) in [5, 5.41) is 0. The third-order valence-electron chi connectivity index (χ3n) is 6.14. The van der Waals surface area contributed by atoms with Crippen LogP contribution in [0.25, 0.3) is 0 Å². The number of nitrogens with zero attached hydrogens (tertiary/aromatic N) is 4. The zero-order chi connectivity index (χ0) is 21.6. The van der Waals surface area contributed by atoms with E-state index in [1.165, 1.54) is 12.8 Å². The van der Waals surface area contributed by atoms with Crippen molar-refractivity contribution in [3.05, 3.63) is 89.9 Å². The molecule has 1 atom stereocenters. The summed E-state index contributed by atoms with van der Waals surface area (Å²) in [6.07, 6.45) is 5.87. The predicted molar refractivity (Wildman–Crippen MR) is 124 cm³/mol. The minimum absolute atomic E-state index is 0.0340. The Kier molecular flexibility index (Phi) is 6.60. The molecule has 0 spiro atoms. The number of amides is 1. The molecule has 1 aliphatic rings. The largest absolute Gasteiger partial charge is 0.357 e. The molecule has 31 heavy (non-hydrogen) atoms. The van der Waals surface area contributed by atoms with E-state index < -0.39 is 0 Å². The predicted octanol–water partition coefficient (Wildman–Crippen LogP) is 5.12. The molecule has 1 aromatic carbocycles. The van der Waals surface area contributed by atoms with Crippen molar-refractivity contribution in [1.82, 2.24) is 14.9 Å². The number of piperidine rings is 1. The Morgan fingerprint density at radius 2 is 1.77 bits per heavy atom. The highest BCUT2D eigenvalue weighted by molar-refractivity contribution is 5.94. The van der Waals surface area contributed by atoms with Gasteiger partial charge in [0.15, 0.2) is 0 Å². The van der Waals surface area contributed by atoms with Crippen LogP contribution < -0.4 is 4.90 Å². The third kappa shape index (κ3) is 5.10. The van der Waals surface area contributed by atoms with E-state index in [2.05, 4.69) is 21.8 Å². The number of hydrogen-bond acceptors (Lipinski definition) is 4. The molecule has 5 nitrogen and oxygen atoms in total. The van der Waals surface area contributed by atoms with Gasteiger partial charge in [-0.3, -0.25) is 9.78 Å². The van der Waals surface area contributed by atoms with Crippen LogP contribution in [-0.4, -0.2) is 33.9 Å². The Labute approximate surface area is 184 Å². The van der Waals surface area contributed by atoms with Crippen molar-refractivity contribution >= 4 is 11.7 Å². The van der Waals surface area contributed by atoms with Gasteiger partial charge in [0.2, 0.25) is 0 Å². The Bertz CT molecular complexity index is 967. The highest BCUT2D eigenvalue weighted by atomic mass is 16.2. The molecule has 1 aliphatic heterocycles. The normalized spacial score (nSPS) is 15.5. The number of carbonyl (C=O) groups is 1. The molecule has 5 heteroatoms. The third-order valence-corrected chi connectivity index (χ3v) is 6.14. The summed E-state index contributed by atoms with van der Waals surface area (Å²) < 4.78 is 0. The Balaban J connectivity index is 1.56. The van der Waals surface area contributed by atoms with Crippen LogP contribution in [0.2, 0.25) is 0 Å². The number of carbonyl (C=O) groups excluding carboxylic acids is 1. The van der Waals surface area contributed by atoms with E-state index in [9.17, 15) is 4.79 Å². The van der Waals surface area contributed by atoms with Gasteiger partial charge >= 0.3 is 0 Å². The van der Waals surface area contributed by atoms with Gasteiger partial charge in [0.1, 0.15) is 5.82 Å². The van der Waals surface area contributed by atoms with E-state index in [1.807, 2.05) is 72.5 Å². The highest BCUT2D eigenvalue weighted by Gasteiger charge is 2.25. The van der Waals surface area contributed by atoms with Crippen LogP contribution in [0, 0.1) is 5.92 Å². The lowest BCUT2D eigenvalue weighted by atomic mass is 9.99. The maximum absolute atomic E-state index is 13.5. The fourth-order valence-electron chi connectivity index (χ4n) is 4.05. The topological polar surface area (TPSA) is 49.3 Å². The van der Waals surface area contributed by atoms with Crippen molar-refractivity contribution in [1.29, 1.82) is 0 Å². The number of hydrogen-bond donors (Lipinski definition) is 0. The summed E-state index contributed by atoms with van der Waals surface area (Å²) in [5.74, 6) is 1.70. The van der Waals surface area contributed by atoms with E-state index in [0.29, 0.717) is 12.1 Å². The second-order valence-corrected chi connectivity index (χ2v) is 8.42. The van der Waals surface area contributed by atoms with Gasteiger partial charge in [-0.1, -0.05) is 43.3 Å². The summed E-state index contributed by atoms with van der Waals surface area (Å²) in [6, 6.07) is 19.6. The molecule has 160 valence electrons. The van der Waals surface area contributed by atoms with Crippen LogP contribution >= 0.6 is 0 Å². The van der Waals surface area contributed by atoms with Gasteiger partial charge in [-0.15, -0.1) is 0 Å². The molecule has 0 aliphatic carbocycles. The fraction of sp³-hybridized carbons (Fsp3) is 0.346. The molecule has 1 fully saturated rings. The van der Waals surface area contributed by atoms with Gasteiger partial charge in [0.25, 0.3) is 5.91 Å². The molecular formula is C26H30N4O. The number of benzene rings is 1. The van der Waals surface area contributed by atoms with Gasteiger partial charge in [-0.2, -0.15) is 0 Å². The van der Waals surface area contributed by atoms with Gasteiger partial charge in [0.05, 0.1) is 17.3 Å². The molecule has 4 rings (SSSR count). The van der Waals surface area contributed by atoms with Gasteiger partial charge in [0, 0.05) is 32.0 Å². The van der Waals surface area contributed by atoms with Crippen LogP contribution in [0.1, 0.15) is 54.3 Å². The van der Waals surface area contributed by atoms with Crippen molar-refractivity contribution in [2.75, 3.05) is 18.0 Å². The molecule has 1 saturated heterocycles. The first-order valence-corrected chi connectivity index (χ1v) is 11.1. The first-order chi connectivity index (χ1) is 15.1. The lowest BCUT2D eigenvalue weighted by Gasteiger charge is -2.31. The van der Waals surface area contributed by atoms with E-state index in [4.69, 9.17) is 0 Å². The molecule has 0 bridgehead atoms. The number of anilines is 1. The summed E-state index contributed by atoms with van der Waals surface area (Å²) in [6.45, 7) is 6.90. The number of pyridine rings is 2. The molecule has 2 aromatic heterocycles. The SMILES string of the molecule is CC1CCN(c2ccc(C(=O)N(Cc3ccccc3)C(C)c3ccccn3)cn2)CC1. The molecule has 3 heterocycles.